The maximum atomic E-state index is 11.3. The quantitative estimate of drug-likeness (QED) is 0.754. The Morgan fingerprint density at radius 3 is 2.76 bits per heavy atom. The molecule has 0 N–H and O–H groups in total. The number of nitrogens with zero attached hydrogens (tertiary/aromatic N) is 4. The van der Waals surface area contributed by atoms with Crippen molar-refractivity contribution in [2.45, 2.75) is 0 Å². The molecule has 0 atom stereocenters. The summed E-state index contributed by atoms with van der Waals surface area (Å²) in [7, 11) is 3.02. The van der Waals surface area contributed by atoms with Gasteiger partial charge in [0.15, 0.2) is 5.82 Å². The highest BCUT2D eigenvalue weighted by atomic mass is 35.5. The van der Waals surface area contributed by atoms with Crippen LogP contribution >= 0.6 is 11.6 Å². The maximum absolute atomic E-state index is 11.3. The van der Waals surface area contributed by atoms with Crippen LogP contribution in [0.5, 0.6) is 0 Å². The average molecular weight is 253 g/mol. The van der Waals surface area contributed by atoms with Gasteiger partial charge < -0.3 is 4.74 Å². The molecule has 1 aromatic heterocycles. The zero-order valence-corrected chi connectivity index (χ0v) is 9.97. The molecule has 0 fully saturated rings. The molecule has 6 nitrogen and oxygen atoms in total. The first-order valence-electron chi connectivity index (χ1n) is 4.74. The molecular formula is C10H9ClN4O2. The predicted molar refractivity (Wildman–Crippen MR) is 60.6 cm³/mol. The molecule has 2 rings (SSSR count). The van der Waals surface area contributed by atoms with E-state index >= 15 is 0 Å². The Bertz CT molecular complexity index is 567. The maximum Gasteiger partial charge on any atom is 0.339 e. The summed E-state index contributed by atoms with van der Waals surface area (Å²) >= 11 is 5.99. The van der Waals surface area contributed by atoms with Crippen LogP contribution in [0.1, 0.15) is 10.4 Å². The Hall–Kier alpha value is -1.95. The van der Waals surface area contributed by atoms with Crippen LogP contribution in [0, 0.1) is 0 Å². The summed E-state index contributed by atoms with van der Waals surface area (Å²) in [4.78, 5) is 11.3. The van der Waals surface area contributed by atoms with E-state index in [2.05, 4.69) is 20.3 Å². The van der Waals surface area contributed by atoms with E-state index in [0.717, 1.165) is 5.56 Å². The minimum absolute atomic E-state index is 0.303. The summed E-state index contributed by atoms with van der Waals surface area (Å²) in [5.74, 6) is 0.0981. The van der Waals surface area contributed by atoms with Gasteiger partial charge in [-0.1, -0.05) is 17.7 Å². The number of rotatable bonds is 2. The van der Waals surface area contributed by atoms with Gasteiger partial charge in [-0.15, -0.1) is 5.10 Å². The van der Waals surface area contributed by atoms with Gasteiger partial charge in [0.25, 0.3) is 0 Å². The summed E-state index contributed by atoms with van der Waals surface area (Å²) in [6.07, 6.45) is 0. The molecule has 0 saturated heterocycles. The van der Waals surface area contributed by atoms with Crippen molar-refractivity contribution in [1.29, 1.82) is 0 Å². The van der Waals surface area contributed by atoms with Crippen molar-refractivity contribution in [2.75, 3.05) is 7.11 Å². The smallest absolute Gasteiger partial charge is 0.339 e. The van der Waals surface area contributed by atoms with Gasteiger partial charge in [-0.05, 0) is 22.6 Å². The van der Waals surface area contributed by atoms with Crippen molar-refractivity contribution in [2.24, 2.45) is 7.05 Å². The van der Waals surface area contributed by atoms with Crippen molar-refractivity contribution >= 4 is 17.6 Å². The van der Waals surface area contributed by atoms with Crippen LogP contribution in [0.25, 0.3) is 11.4 Å². The molecule has 0 unspecified atom stereocenters. The first-order chi connectivity index (χ1) is 8.13. The molecule has 1 aromatic carbocycles. The Labute approximate surface area is 102 Å². The van der Waals surface area contributed by atoms with Crippen molar-refractivity contribution in [3.05, 3.63) is 28.8 Å². The van der Waals surface area contributed by atoms with Gasteiger partial charge >= 0.3 is 5.97 Å². The van der Waals surface area contributed by atoms with Gasteiger partial charge in [-0.25, -0.2) is 9.48 Å². The number of aryl methyl sites for hydroxylation is 1. The van der Waals surface area contributed by atoms with E-state index < -0.39 is 5.97 Å². The van der Waals surface area contributed by atoms with Crippen molar-refractivity contribution in [3.8, 4) is 11.4 Å². The fraction of sp³-hybridized carbons (Fsp3) is 0.200. The van der Waals surface area contributed by atoms with E-state index in [1.807, 2.05) is 0 Å². The Morgan fingerprint density at radius 1 is 1.47 bits per heavy atom. The molecule has 0 aliphatic carbocycles. The lowest BCUT2D eigenvalue weighted by atomic mass is 10.1. The molecule has 0 aliphatic heterocycles. The molecule has 0 amide bonds. The van der Waals surface area contributed by atoms with Gasteiger partial charge in [0.2, 0.25) is 0 Å². The summed E-state index contributed by atoms with van der Waals surface area (Å²) in [6.45, 7) is 0. The van der Waals surface area contributed by atoms with E-state index in [4.69, 9.17) is 11.6 Å². The lowest BCUT2D eigenvalue weighted by molar-refractivity contribution is 0.0601. The molecule has 7 heteroatoms. The first kappa shape index (κ1) is 11.5. The third-order valence-electron chi connectivity index (χ3n) is 2.25. The van der Waals surface area contributed by atoms with E-state index in [-0.39, 0.29) is 0 Å². The second-order valence-electron chi connectivity index (χ2n) is 3.31. The van der Waals surface area contributed by atoms with E-state index in [9.17, 15) is 4.79 Å². The summed E-state index contributed by atoms with van der Waals surface area (Å²) < 4.78 is 6.12. The zero-order chi connectivity index (χ0) is 12.4. The average Bonchev–Trinajstić information content (AvgIpc) is 2.74. The van der Waals surface area contributed by atoms with Crippen LogP contribution in [0.2, 0.25) is 5.02 Å². The van der Waals surface area contributed by atoms with Crippen LogP contribution in [0.3, 0.4) is 0 Å². The minimum Gasteiger partial charge on any atom is -0.465 e. The van der Waals surface area contributed by atoms with Gasteiger partial charge in [0, 0.05) is 12.6 Å². The topological polar surface area (TPSA) is 69.9 Å². The highest BCUT2D eigenvalue weighted by molar-refractivity contribution is 6.33. The molecule has 0 bridgehead atoms. The van der Waals surface area contributed by atoms with Gasteiger partial charge in [0.05, 0.1) is 17.7 Å². The van der Waals surface area contributed by atoms with E-state index in [0.29, 0.717) is 16.4 Å². The molecule has 88 valence electrons. The Kier molecular flexibility index (Phi) is 3.06. The first-order valence-corrected chi connectivity index (χ1v) is 5.12. The highest BCUT2D eigenvalue weighted by Gasteiger charge is 2.13. The second-order valence-corrected chi connectivity index (χ2v) is 3.72. The van der Waals surface area contributed by atoms with E-state index in [1.165, 1.54) is 11.8 Å². The number of carbonyl (C=O) groups excluding carboxylic acids is 1. The third-order valence-corrected chi connectivity index (χ3v) is 2.57. The monoisotopic (exact) mass is 252 g/mol. The van der Waals surface area contributed by atoms with Crippen LogP contribution in [0.4, 0.5) is 0 Å². The Morgan fingerprint density at radius 2 is 2.24 bits per heavy atom. The van der Waals surface area contributed by atoms with Crippen LogP contribution in [0.15, 0.2) is 18.2 Å². The fourth-order valence-electron chi connectivity index (χ4n) is 1.40. The summed E-state index contributed by atoms with van der Waals surface area (Å²) in [5.41, 5.74) is 1.04. The third kappa shape index (κ3) is 2.12. The molecule has 0 radical (unpaired) electrons. The number of benzene rings is 1. The van der Waals surface area contributed by atoms with Crippen LogP contribution in [-0.2, 0) is 11.8 Å². The fourth-order valence-corrected chi connectivity index (χ4v) is 1.66. The predicted octanol–water partition coefficient (Wildman–Crippen LogP) is 1.32. The van der Waals surface area contributed by atoms with Crippen molar-refractivity contribution in [3.63, 3.8) is 0 Å². The van der Waals surface area contributed by atoms with E-state index in [1.54, 1.807) is 25.2 Å². The normalized spacial score (nSPS) is 10.3. The Balaban J connectivity index is 2.44. The van der Waals surface area contributed by atoms with Crippen LogP contribution < -0.4 is 0 Å². The van der Waals surface area contributed by atoms with Gasteiger partial charge in [0.1, 0.15) is 0 Å². The number of halogens is 1. The zero-order valence-electron chi connectivity index (χ0n) is 9.22. The highest BCUT2D eigenvalue weighted by Crippen LogP contribution is 2.24. The van der Waals surface area contributed by atoms with Crippen molar-refractivity contribution in [1.82, 2.24) is 20.2 Å². The number of esters is 1. The number of hydrogen-bond donors (Lipinski definition) is 0. The number of tetrazole rings is 1. The molecule has 0 saturated carbocycles. The largest absolute Gasteiger partial charge is 0.465 e. The second kappa shape index (κ2) is 4.50. The van der Waals surface area contributed by atoms with Gasteiger partial charge in [-0.2, -0.15) is 0 Å². The standard InChI is InChI=1S/C10H9ClN4O2/c1-15-9(12-13-14-15)6-3-4-7(8(11)5-6)10(16)17-2/h3-5H,1-2H3. The SMILES string of the molecule is COC(=O)c1ccc(-c2nnnn2C)cc1Cl. The van der Waals surface area contributed by atoms with Gasteiger partial charge in [-0.3, -0.25) is 0 Å². The molecule has 0 spiro atoms. The summed E-state index contributed by atoms with van der Waals surface area (Å²) in [5, 5.41) is 11.4. The molecule has 17 heavy (non-hydrogen) atoms. The van der Waals surface area contributed by atoms with Crippen molar-refractivity contribution < 1.29 is 9.53 Å². The molecule has 1 heterocycles. The molecule has 0 aliphatic rings. The lowest BCUT2D eigenvalue weighted by Gasteiger charge is -2.04. The number of ether oxygens (including phenoxy) is 1. The molecule has 2 aromatic rings. The number of methoxy groups -OCH3 is 1. The van der Waals surface area contributed by atoms with Crippen LogP contribution in [-0.4, -0.2) is 33.3 Å². The number of aromatic nitrogens is 4. The minimum atomic E-state index is -0.474. The summed E-state index contributed by atoms with van der Waals surface area (Å²) in [6, 6.07) is 4.92. The lowest BCUT2D eigenvalue weighted by Crippen LogP contribution is -2.02. The number of hydrogen-bond acceptors (Lipinski definition) is 5. The number of carbonyl (C=O) groups is 1. The molecular weight excluding hydrogens is 244 g/mol.